The van der Waals surface area contributed by atoms with Gasteiger partial charge in [-0.25, -0.2) is 14.4 Å². The first kappa shape index (κ1) is 24.7. The van der Waals surface area contributed by atoms with Crippen molar-refractivity contribution in [2.24, 2.45) is 0 Å². The molecule has 35 heavy (non-hydrogen) atoms. The maximum Gasteiger partial charge on any atom is 0.416 e. The number of aromatic nitrogens is 4. The fraction of sp³-hybridized carbons (Fsp3) is 0.261. The van der Waals surface area contributed by atoms with Gasteiger partial charge in [0.2, 0.25) is 5.95 Å². The number of nitrogens with zero attached hydrogens (tertiary/aromatic N) is 4. The number of methoxy groups -OCH3 is 1. The van der Waals surface area contributed by atoms with Crippen molar-refractivity contribution in [3.8, 4) is 17.0 Å². The van der Waals surface area contributed by atoms with E-state index in [4.69, 9.17) is 21.1 Å². The van der Waals surface area contributed by atoms with Crippen LogP contribution < -0.4 is 9.64 Å². The average Bonchev–Trinajstić information content (AvgIpc) is 3.29. The number of hydrogen-bond donors (Lipinski definition) is 1. The number of nitrogens with one attached hydrogen (secondary N) is 1. The lowest BCUT2D eigenvalue weighted by molar-refractivity contribution is -0.137. The van der Waals surface area contributed by atoms with Crippen LogP contribution in [0.5, 0.6) is 5.75 Å². The zero-order valence-corrected chi connectivity index (χ0v) is 19.4. The maximum absolute atomic E-state index is 15.1. The van der Waals surface area contributed by atoms with Crippen molar-refractivity contribution in [3.63, 3.8) is 0 Å². The normalized spacial score (nSPS) is 11.7. The van der Waals surface area contributed by atoms with Crippen LogP contribution in [0, 0.1) is 5.82 Å². The number of alkyl halides is 3. The number of H-pyrrole nitrogens is 1. The molecule has 0 atom stereocenters. The summed E-state index contributed by atoms with van der Waals surface area (Å²) in [5.74, 6) is -0.251. The third-order valence-electron chi connectivity index (χ3n) is 5.17. The van der Waals surface area contributed by atoms with Crippen LogP contribution in [-0.4, -0.2) is 47.0 Å². The first-order valence-corrected chi connectivity index (χ1v) is 10.9. The standard InChI is InChI=1S/C23H20ClF4N5O2/c1-3-33(17-8-7-13(11-14(17)24)23(26,27)28)22-30-16-12-29-32-20(16)21(31-22)19-15(25)5-4-6-18(19)35-10-9-34-2/h4-8,11-12H,3,9-10H2,1-2H3,(H,29,32). The highest BCUT2D eigenvalue weighted by atomic mass is 35.5. The molecule has 0 aliphatic carbocycles. The fourth-order valence-electron chi connectivity index (χ4n) is 3.54. The summed E-state index contributed by atoms with van der Waals surface area (Å²) in [6, 6.07) is 7.40. The lowest BCUT2D eigenvalue weighted by Crippen LogP contribution is -2.20. The molecule has 7 nitrogen and oxygen atoms in total. The number of anilines is 2. The minimum absolute atomic E-state index is 0.0797. The SMILES string of the molecule is CCN(c1nc(-c2c(F)cccc2OCCOC)c2[nH]ncc2n1)c1ccc(C(F)(F)F)cc1Cl. The van der Waals surface area contributed by atoms with E-state index in [0.29, 0.717) is 17.6 Å². The van der Waals surface area contributed by atoms with Crippen molar-refractivity contribution in [1.29, 1.82) is 0 Å². The van der Waals surface area contributed by atoms with Crippen LogP contribution in [-0.2, 0) is 10.9 Å². The van der Waals surface area contributed by atoms with Crippen molar-refractivity contribution in [2.75, 3.05) is 31.8 Å². The molecule has 4 rings (SSSR count). The number of rotatable bonds is 8. The highest BCUT2D eigenvalue weighted by Crippen LogP contribution is 2.39. The second-order valence-corrected chi connectivity index (χ2v) is 7.77. The van der Waals surface area contributed by atoms with Gasteiger partial charge in [-0.2, -0.15) is 18.3 Å². The lowest BCUT2D eigenvalue weighted by Gasteiger charge is -2.23. The van der Waals surface area contributed by atoms with E-state index in [-0.39, 0.29) is 46.8 Å². The van der Waals surface area contributed by atoms with Gasteiger partial charge in [-0.15, -0.1) is 0 Å². The van der Waals surface area contributed by atoms with Crippen molar-refractivity contribution < 1.29 is 27.0 Å². The highest BCUT2D eigenvalue weighted by molar-refractivity contribution is 6.33. The molecule has 2 heterocycles. The molecule has 184 valence electrons. The number of aromatic amines is 1. The van der Waals surface area contributed by atoms with E-state index >= 15 is 4.39 Å². The highest BCUT2D eigenvalue weighted by Gasteiger charge is 2.31. The topological polar surface area (TPSA) is 76.2 Å². The predicted molar refractivity (Wildman–Crippen MR) is 124 cm³/mol. The van der Waals surface area contributed by atoms with Gasteiger partial charge in [-0.1, -0.05) is 17.7 Å². The Bertz CT molecular complexity index is 1350. The first-order chi connectivity index (χ1) is 16.7. The van der Waals surface area contributed by atoms with Crippen LogP contribution in [0.2, 0.25) is 5.02 Å². The second-order valence-electron chi connectivity index (χ2n) is 7.36. The van der Waals surface area contributed by atoms with E-state index in [1.807, 2.05) is 0 Å². The number of halogens is 5. The van der Waals surface area contributed by atoms with Crippen LogP contribution in [0.3, 0.4) is 0 Å². The summed E-state index contributed by atoms with van der Waals surface area (Å²) >= 11 is 6.23. The van der Waals surface area contributed by atoms with Crippen molar-refractivity contribution in [1.82, 2.24) is 20.2 Å². The summed E-state index contributed by atoms with van der Waals surface area (Å²) in [6.07, 6.45) is -3.10. The Morgan fingerprint density at radius 1 is 1.11 bits per heavy atom. The number of benzene rings is 2. The van der Waals surface area contributed by atoms with Gasteiger partial charge in [-0.05, 0) is 37.3 Å². The summed E-state index contributed by atoms with van der Waals surface area (Å²) in [4.78, 5) is 10.6. The van der Waals surface area contributed by atoms with E-state index in [2.05, 4.69) is 20.2 Å². The molecular formula is C23H20ClF4N5O2. The molecule has 0 saturated carbocycles. The van der Waals surface area contributed by atoms with Crippen molar-refractivity contribution >= 4 is 34.3 Å². The third-order valence-corrected chi connectivity index (χ3v) is 5.47. The van der Waals surface area contributed by atoms with Crippen LogP contribution in [0.4, 0.5) is 29.2 Å². The van der Waals surface area contributed by atoms with Gasteiger partial charge in [0.25, 0.3) is 0 Å². The molecule has 0 unspecified atom stereocenters. The van der Waals surface area contributed by atoms with Crippen molar-refractivity contribution in [2.45, 2.75) is 13.1 Å². The molecule has 0 saturated heterocycles. The zero-order chi connectivity index (χ0) is 25.2. The van der Waals surface area contributed by atoms with Gasteiger partial charge < -0.3 is 14.4 Å². The van der Waals surface area contributed by atoms with Gasteiger partial charge >= 0.3 is 6.18 Å². The molecule has 2 aromatic carbocycles. The van der Waals surface area contributed by atoms with Crippen LogP contribution in [0.15, 0.2) is 42.6 Å². The molecule has 0 amide bonds. The Kier molecular flexibility index (Phi) is 7.08. The molecule has 1 N–H and O–H groups in total. The molecule has 0 aliphatic rings. The summed E-state index contributed by atoms with van der Waals surface area (Å²) in [5, 5.41) is 6.64. The van der Waals surface area contributed by atoms with Gasteiger partial charge in [0.1, 0.15) is 34.9 Å². The fourth-order valence-corrected chi connectivity index (χ4v) is 3.82. The molecule has 0 aliphatic heterocycles. The zero-order valence-electron chi connectivity index (χ0n) is 18.7. The first-order valence-electron chi connectivity index (χ1n) is 10.5. The van der Waals surface area contributed by atoms with Gasteiger partial charge in [0, 0.05) is 13.7 Å². The summed E-state index contributed by atoms with van der Waals surface area (Å²) in [7, 11) is 1.52. The van der Waals surface area contributed by atoms with Gasteiger partial charge in [0.15, 0.2) is 0 Å². The quantitative estimate of drug-likeness (QED) is 0.231. The van der Waals surface area contributed by atoms with E-state index in [1.54, 1.807) is 13.0 Å². The molecule has 0 bridgehead atoms. The molecule has 12 heteroatoms. The minimum Gasteiger partial charge on any atom is -0.490 e. The molecule has 0 radical (unpaired) electrons. The van der Waals surface area contributed by atoms with Gasteiger partial charge in [-0.3, -0.25) is 5.10 Å². The average molecular weight is 510 g/mol. The smallest absolute Gasteiger partial charge is 0.416 e. The molecule has 4 aromatic rings. The van der Waals surface area contributed by atoms with Crippen LogP contribution in [0.1, 0.15) is 12.5 Å². The molecule has 2 aromatic heterocycles. The largest absolute Gasteiger partial charge is 0.490 e. The van der Waals surface area contributed by atoms with E-state index in [1.165, 1.54) is 36.4 Å². The van der Waals surface area contributed by atoms with E-state index < -0.39 is 17.6 Å². The summed E-state index contributed by atoms with van der Waals surface area (Å²) in [5.41, 5.74) is 0.382. The number of hydrogen-bond acceptors (Lipinski definition) is 6. The van der Waals surface area contributed by atoms with E-state index in [9.17, 15) is 13.2 Å². The number of fused-ring (bicyclic) bond motifs is 1. The van der Waals surface area contributed by atoms with E-state index in [0.717, 1.165) is 12.1 Å². The third kappa shape index (κ3) is 5.01. The molecular weight excluding hydrogens is 490 g/mol. The Morgan fingerprint density at radius 3 is 2.60 bits per heavy atom. The Hall–Kier alpha value is -3.44. The Morgan fingerprint density at radius 2 is 1.91 bits per heavy atom. The molecule has 0 spiro atoms. The summed E-state index contributed by atoms with van der Waals surface area (Å²) in [6.45, 7) is 2.50. The lowest BCUT2D eigenvalue weighted by atomic mass is 10.1. The van der Waals surface area contributed by atoms with Crippen LogP contribution in [0.25, 0.3) is 22.3 Å². The second kappa shape index (κ2) is 10.0. The van der Waals surface area contributed by atoms with Gasteiger partial charge in [0.05, 0.1) is 34.6 Å². The predicted octanol–water partition coefficient (Wildman–Crippen LogP) is 6.01. The Balaban J connectivity index is 1.86. The minimum atomic E-state index is -4.54. The van der Waals surface area contributed by atoms with Crippen molar-refractivity contribution in [3.05, 3.63) is 59.0 Å². The number of ether oxygens (including phenoxy) is 2. The van der Waals surface area contributed by atoms with Crippen LogP contribution >= 0.6 is 11.6 Å². The summed E-state index contributed by atoms with van der Waals surface area (Å²) < 4.78 is 65.1. The maximum atomic E-state index is 15.1. The Labute approximate surface area is 202 Å². The monoisotopic (exact) mass is 509 g/mol. The molecule has 0 fully saturated rings.